The predicted octanol–water partition coefficient (Wildman–Crippen LogP) is 5.13. The highest BCUT2D eigenvalue weighted by Crippen LogP contribution is 2.30. The van der Waals surface area contributed by atoms with Crippen molar-refractivity contribution in [3.05, 3.63) is 69.7 Å². The van der Waals surface area contributed by atoms with E-state index in [1.165, 1.54) is 64.0 Å². The largest absolute Gasteiger partial charge is 0.573 e. The number of rotatable bonds is 6. The monoisotopic (exact) mass is 485 g/mol. The van der Waals surface area contributed by atoms with Crippen molar-refractivity contribution in [2.75, 3.05) is 5.32 Å². The molecule has 0 saturated heterocycles. The van der Waals surface area contributed by atoms with Crippen LogP contribution in [0, 0.1) is 0 Å². The van der Waals surface area contributed by atoms with E-state index < -0.39 is 6.36 Å². The Morgan fingerprint density at radius 2 is 1.94 bits per heavy atom. The molecule has 1 N–H and O–H groups in total. The fourth-order valence-electron chi connectivity index (χ4n) is 2.52. The fourth-order valence-corrected chi connectivity index (χ4v) is 4.34. The summed E-state index contributed by atoms with van der Waals surface area (Å²) in [6.45, 7) is 0. The summed E-state index contributed by atoms with van der Waals surface area (Å²) in [7, 11) is 0. The zero-order valence-electron chi connectivity index (χ0n) is 15.3. The lowest BCUT2D eigenvalue weighted by Crippen LogP contribution is -2.16. The molecule has 0 saturated carbocycles. The van der Waals surface area contributed by atoms with E-state index in [9.17, 15) is 18.0 Å². The van der Waals surface area contributed by atoms with Crippen molar-refractivity contribution in [3.63, 3.8) is 0 Å². The molecule has 13 heteroatoms. The van der Waals surface area contributed by atoms with Gasteiger partial charge in [-0.15, -0.1) is 23.4 Å². The summed E-state index contributed by atoms with van der Waals surface area (Å²) in [5.41, 5.74) is 1.37. The Balaban J connectivity index is 1.39. The van der Waals surface area contributed by atoms with Crippen LogP contribution in [0.5, 0.6) is 5.75 Å². The molecular weight excluding hydrogens is 475 g/mol. The number of hydrogen-bond donors (Lipinski definition) is 1. The summed E-state index contributed by atoms with van der Waals surface area (Å²) in [5, 5.41) is 11.9. The number of nitrogens with zero attached hydrogens (tertiary/aromatic N) is 4. The molecule has 160 valence electrons. The maximum atomic E-state index is 12.2. The van der Waals surface area contributed by atoms with Gasteiger partial charge >= 0.3 is 6.36 Å². The van der Waals surface area contributed by atoms with E-state index in [-0.39, 0.29) is 11.3 Å². The minimum absolute atomic E-state index is 0.235. The third kappa shape index (κ3) is 5.66. The van der Waals surface area contributed by atoms with Crippen LogP contribution < -0.4 is 15.6 Å². The van der Waals surface area contributed by atoms with Gasteiger partial charge in [0.25, 0.3) is 5.56 Å². The van der Waals surface area contributed by atoms with Gasteiger partial charge in [-0.2, -0.15) is 0 Å². The normalized spacial score (nSPS) is 11.6. The van der Waals surface area contributed by atoms with Crippen LogP contribution in [0.1, 0.15) is 5.69 Å². The Morgan fingerprint density at radius 3 is 2.68 bits per heavy atom. The number of fused-ring (bicyclic) bond motifs is 1. The fraction of sp³-hybridized carbons (Fsp3) is 0.111. The molecule has 0 aliphatic heterocycles. The van der Waals surface area contributed by atoms with E-state index in [4.69, 9.17) is 11.6 Å². The molecule has 0 fully saturated rings. The van der Waals surface area contributed by atoms with Gasteiger partial charge in [0, 0.05) is 23.7 Å². The first-order chi connectivity index (χ1) is 14.7. The number of aromatic nitrogens is 4. The van der Waals surface area contributed by atoms with E-state index in [0.717, 1.165) is 0 Å². The quantitative estimate of drug-likeness (QED) is 0.379. The number of anilines is 2. The Hall–Kier alpha value is -2.83. The smallest absolute Gasteiger partial charge is 0.406 e. The summed E-state index contributed by atoms with van der Waals surface area (Å²) in [5.74, 6) is 0.0968. The first kappa shape index (κ1) is 21.4. The summed E-state index contributed by atoms with van der Waals surface area (Å²) >= 11 is 8.52. The number of benzene rings is 1. The Kier molecular flexibility index (Phi) is 6.03. The summed E-state index contributed by atoms with van der Waals surface area (Å²) in [6, 6.07) is 10.0. The molecule has 1 aromatic carbocycles. The average molecular weight is 486 g/mol. The second-order valence-corrected chi connectivity index (χ2v) is 8.66. The first-order valence-electron chi connectivity index (χ1n) is 8.52. The van der Waals surface area contributed by atoms with Crippen molar-refractivity contribution < 1.29 is 17.9 Å². The lowest BCUT2D eigenvalue weighted by Gasteiger charge is -2.09. The molecule has 3 aromatic heterocycles. The Morgan fingerprint density at radius 1 is 1.16 bits per heavy atom. The number of halogens is 4. The van der Waals surface area contributed by atoms with Crippen LogP contribution in [0.15, 0.2) is 57.8 Å². The minimum Gasteiger partial charge on any atom is -0.406 e. The highest BCUT2D eigenvalue weighted by Gasteiger charge is 2.30. The number of hydrogen-bond acceptors (Lipinski definition) is 8. The lowest BCUT2D eigenvalue weighted by atomic mass is 10.3. The van der Waals surface area contributed by atoms with Gasteiger partial charge in [-0.3, -0.25) is 9.20 Å². The van der Waals surface area contributed by atoms with E-state index in [0.29, 0.717) is 37.3 Å². The van der Waals surface area contributed by atoms with Crippen molar-refractivity contribution in [1.29, 1.82) is 0 Å². The highest BCUT2D eigenvalue weighted by molar-refractivity contribution is 8.00. The second kappa shape index (κ2) is 8.73. The van der Waals surface area contributed by atoms with Crippen LogP contribution in [0.2, 0.25) is 5.02 Å². The van der Waals surface area contributed by atoms with E-state index in [1.54, 1.807) is 12.1 Å². The SMILES string of the molecule is O=c1cc(CSc2nnc(Nc3ccc(OC(F)(F)F)cc3)s2)nc2ccc(Cl)cn12. The van der Waals surface area contributed by atoms with Gasteiger partial charge in [0.15, 0.2) is 4.34 Å². The zero-order chi connectivity index (χ0) is 22.0. The number of nitrogens with one attached hydrogen (secondary N) is 1. The molecule has 4 aromatic rings. The Bertz CT molecular complexity index is 1280. The molecule has 3 heterocycles. The molecule has 31 heavy (non-hydrogen) atoms. The van der Waals surface area contributed by atoms with Crippen LogP contribution in [0.25, 0.3) is 5.65 Å². The average Bonchev–Trinajstić information content (AvgIpc) is 3.15. The lowest BCUT2D eigenvalue weighted by molar-refractivity contribution is -0.274. The first-order valence-corrected chi connectivity index (χ1v) is 10.7. The van der Waals surface area contributed by atoms with E-state index in [1.807, 2.05) is 0 Å². The molecule has 0 spiro atoms. The van der Waals surface area contributed by atoms with Gasteiger partial charge < -0.3 is 10.1 Å². The molecule has 0 aliphatic rings. The summed E-state index contributed by atoms with van der Waals surface area (Å²) < 4.78 is 42.5. The minimum atomic E-state index is -4.74. The molecule has 0 unspecified atom stereocenters. The van der Waals surface area contributed by atoms with Gasteiger partial charge in [-0.25, -0.2) is 4.98 Å². The number of alkyl halides is 3. The second-order valence-electron chi connectivity index (χ2n) is 6.02. The van der Waals surface area contributed by atoms with Crippen molar-refractivity contribution >= 4 is 51.2 Å². The maximum Gasteiger partial charge on any atom is 0.573 e. The highest BCUT2D eigenvalue weighted by atomic mass is 35.5. The number of pyridine rings is 1. The third-order valence-electron chi connectivity index (χ3n) is 3.77. The van der Waals surface area contributed by atoms with Crippen LogP contribution >= 0.6 is 34.7 Å². The summed E-state index contributed by atoms with van der Waals surface area (Å²) in [4.78, 5) is 16.7. The topological polar surface area (TPSA) is 81.4 Å². The maximum absolute atomic E-state index is 12.2. The van der Waals surface area contributed by atoms with Crippen LogP contribution in [-0.2, 0) is 5.75 Å². The van der Waals surface area contributed by atoms with E-state index >= 15 is 0 Å². The van der Waals surface area contributed by atoms with Gasteiger partial charge in [0.2, 0.25) is 5.13 Å². The summed E-state index contributed by atoms with van der Waals surface area (Å²) in [6.07, 6.45) is -3.23. The van der Waals surface area contributed by atoms with Crippen LogP contribution in [-0.4, -0.2) is 25.9 Å². The molecule has 0 radical (unpaired) electrons. The van der Waals surface area contributed by atoms with Crippen molar-refractivity contribution in [2.24, 2.45) is 0 Å². The van der Waals surface area contributed by atoms with Gasteiger partial charge in [-0.1, -0.05) is 34.7 Å². The molecule has 7 nitrogen and oxygen atoms in total. The van der Waals surface area contributed by atoms with Crippen molar-refractivity contribution in [1.82, 2.24) is 19.6 Å². The molecular formula is C18H11ClF3N5O2S2. The van der Waals surface area contributed by atoms with Crippen molar-refractivity contribution in [3.8, 4) is 5.75 Å². The van der Waals surface area contributed by atoms with Crippen LogP contribution in [0.3, 0.4) is 0 Å². The third-order valence-corrected chi connectivity index (χ3v) is 5.99. The molecule has 0 atom stereocenters. The molecule has 4 rings (SSSR count). The molecule has 0 aliphatic carbocycles. The Labute approximate surface area is 185 Å². The predicted molar refractivity (Wildman–Crippen MR) is 112 cm³/mol. The molecule has 0 bridgehead atoms. The van der Waals surface area contributed by atoms with Gasteiger partial charge in [0.05, 0.1) is 10.7 Å². The van der Waals surface area contributed by atoms with E-state index in [2.05, 4.69) is 25.2 Å². The van der Waals surface area contributed by atoms with Gasteiger partial charge in [-0.05, 0) is 36.4 Å². The number of thioether (sulfide) groups is 1. The number of ether oxygens (including phenoxy) is 1. The molecule has 0 amide bonds. The van der Waals surface area contributed by atoms with Gasteiger partial charge in [0.1, 0.15) is 11.4 Å². The standard InChI is InChI=1S/C18H11ClF3N5O2S2/c19-10-1-6-14-23-12(7-15(28)27(14)8-10)9-30-17-26-25-16(31-17)24-11-2-4-13(5-3-11)29-18(20,21)22/h1-8H,9H2,(H,24,25). The zero-order valence-corrected chi connectivity index (χ0v) is 17.6. The van der Waals surface area contributed by atoms with Crippen molar-refractivity contribution in [2.45, 2.75) is 16.5 Å². The van der Waals surface area contributed by atoms with Crippen LogP contribution in [0.4, 0.5) is 24.0 Å².